The van der Waals surface area contributed by atoms with Gasteiger partial charge in [-0.15, -0.1) is 0 Å². The van der Waals surface area contributed by atoms with Crippen LogP contribution in [0.5, 0.6) is 0 Å². The molecule has 0 amide bonds. The predicted octanol–water partition coefficient (Wildman–Crippen LogP) is 3.13. The van der Waals surface area contributed by atoms with Gasteiger partial charge in [0, 0.05) is 56.9 Å². The van der Waals surface area contributed by atoms with E-state index in [0.29, 0.717) is 0 Å². The summed E-state index contributed by atoms with van der Waals surface area (Å²) in [6, 6.07) is 10.5. The van der Waals surface area contributed by atoms with Crippen LogP contribution >= 0.6 is 0 Å². The number of aromatic nitrogens is 3. The van der Waals surface area contributed by atoms with E-state index in [4.69, 9.17) is 4.74 Å². The SMILES string of the molecule is Fc1ccc(-n2cc(CN(CCCN3CCOCC3)Cc3cccnc3)cn2)cc1. The molecular weight excluding hydrogens is 381 g/mol. The van der Waals surface area contributed by atoms with Crippen molar-refractivity contribution >= 4 is 0 Å². The Balaban J connectivity index is 1.39. The van der Waals surface area contributed by atoms with Crippen LogP contribution in [-0.2, 0) is 17.8 Å². The molecule has 4 rings (SSSR count). The molecular formula is C23H28FN5O. The van der Waals surface area contributed by atoms with Crippen molar-refractivity contribution in [1.82, 2.24) is 24.6 Å². The van der Waals surface area contributed by atoms with Crippen LogP contribution in [0.3, 0.4) is 0 Å². The first kappa shape index (κ1) is 20.7. The number of ether oxygens (including phenoxy) is 1. The van der Waals surface area contributed by atoms with Gasteiger partial charge in [-0.1, -0.05) is 6.07 Å². The molecule has 1 aromatic carbocycles. The minimum absolute atomic E-state index is 0.242. The van der Waals surface area contributed by atoms with Crippen molar-refractivity contribution in [1.29, 1.82) is 0 Å². The Bertz CT molecular complexity index is 893. The second kappa shape index (κ2) is 10.4. The lowest BCUT2D eigenvalue weighted by molar-refractivity contribution is 0.0359. The monoisotopic (exact) mass is 409 g/mol. The number of halogens is 1. The Labute approximate surface area is 176 Å². The lowest BCUT2D eigenvalue weighted by Gasteiger charge is -2.28. The third kappa shape index (κ3) is 5.95. The molecule has 0 unspecified atom stereocenters. The molecule has 158 valence electrons. The zero-order valence-electron chi connectivity index (χ0n) is 17.2. The van der Waals surface area contributed by atoms with E-state index < -0.39 is 0 Å². The van der Waals surface area contributed by atoms with Gasteiger partial charge in [0.1, 0.15) is 5.82 Å². The van der Waals surface area contributed by atoms with Crippen molar-refractivity contribution in [2.75, 3.05) is 39.4 Å². The molecule has 0 radical (unpaired) electrons. The first-order valence-electron chi connectivity index (χ1n) is 10.5. The van der Waals surface area contributed by atoms with Gasteiger partial charge in [-0.25, -0.2) is 9.07 Å². The molecule has 0 bridgehead atoms. The minimum Gasteiger partial charge on any atom is -0.379 e. The maximum atomic E-state index is 13.2. The van der Waals surface area contributed by atoms with E-state index in [2.05, 4.69) is 25.9 Å². The van der Waals surface area contributed by atoms with Gasteiger partial charge in [0.15, 0.2) is 0 Å². The fraction of sp³-hybridized carbons (Fsp3) is 0.391. The van der Waals surface area contributed by atoms with E-state index in [1.54, 1.807) is 23.0 Å². The Hall–Kier alpha value is -2.61. The molecule has 1 aliphatic heterocycles. The Morgan fingerprint density at radius 2 is 1.80 bits per heavy atom. The van der Waals surface area contributed by atoms with Gasteiger partial charge in [-0.3, -0.25) is 14.8 Å². The molecule has 0 atom stereocenters. The Morgan fingerprint density at radius 3 is 2.57 bits per heavy atom. The van der Waals surface area contributed by atoms with Gasteiger partial charge >= 0.3 is 0 Å². The molecule has 3 aromatic rings. The molecule has 1 aliphatic rings. The lowest BCUT2D eigenvalue weighted by Crippen LogP contribution is -2.38. The highest BCUT2D eigenvalue weighted by atomic mass is 19.1. The molecule has 2 aromatic heterocycles. The maximum absolute atomic E-state index is 13.2. The van der Waals surface area contributed by atoms with Crippen molar-refractivity contribution in [2.24, 2.45) is 0 Å². The number of pyridine rings is 1. The highest BCUT2D eigenvalue weighted by molar-refractivity contribution is 5.31. The summed E-state index contributed by atoms with van der Waals surface area (Å²) in [5.74, 6) is -0.242. The third-order valence-corrected chi connectivity index (χ3v) is 5.31. The van der Waals surface area contributed by atoms with Gasteiger partial charge in [-0.05, 0) is 48.9 Å². The smallest absolute Gasteiger partial charge is 0.123 e. The number of hydrogen-bond acceptors (Lipinski definition) is 5. The lowest BCUT2D eigenvalue weighted by atomic mass is 10.2. The quantitative estimate of drug-likeness (QED) is 0.543. The maximum Gasteiger partial charge on any atom is 0.123 e. The molecule has 1 fully saturated rings. The van der Waals surface area contributed by atoms with E-state index in [0.717, 1.165) is 70.2 Å². The first-order chi connectivity index (χ1) is 14.8. The van der Waals surface area contributed by atoms with Crippen molar-refractivity contribution in [3.63, 3.8) is 0 Å². The largest absolute Gasteiger partial charge is 0.379 e. The summed E-state index contributed by atoms with van der Waals surface area (Å²) >= 11 is 0. The molecule has 0 N–H and O–H groups in total. The average molecular weight is 410 g/mol. The van der Waals surface area contributed by atoms with E-state index in [1.807, 2.05) is 24.7 Å². The van der Waals surface area contributed by atoms with Crippen LogP contribution < -0.4 is 0 Å². The highest BCUT2D eigenvalue weighted by Gasteiger charge is 2.13. The first-order valence-corrected chi connectivity index (χ1v) is 10.5. The van der Waals surface area contributed by atoms with Crippen molar-refractivity contribution in [3.05, 3.63) is 78.1 Å². The summed E-state index contributed by atoms with van der Waals surface area (Å²) < 4.78 is 20.4. The van der Waals surface area contributed by atoms with Gasteiger partial charge in [0.2, 0.25) is 0 Å². The van der Waals surface area contributed by atoms with Crippen LogP contribution in [0.15, 0.2) is 61.2 Å². The molecule has 3 heterocycles. The number of nitrogens with zero attached hydrogens (tertiary/aromatic N) is 5. The Morgan fingerprint density at radius 1 is 1.00 bits per heavy atom. The third-order valence-electron chi connectivity index (χ3n) is 5.31. The van der Waals surface area contributed by atoms with Gasteiger partial charge in [0.25, 0.3) is 0 Å². The van der Waals surface area contributed by atoms with E-state index in [-0.39, 0.29) is 5.82 Å². The van der Waals surface area contributed by atoms with E-state index in [1.165, 1.54) is 17.7 Å². The van der Waals surface area contributed by atoms with Crippen LogP contribution in [0, 0.1) is 5.82 Å². The fourth-order valence-electron chi connectivity index (χ4n) is 3.74. The van der Waals surface area contributed by atoms with Gasteiger partial charge in [-0.2, -0.15) is 5.10 Å². The summed E-state index contributed by atoms with van der Waals surface area (Å²) in [5.41, 5.74) is 3.19. The molecule has 1 saturated heterocycles. The summed E-state index contributed by atoms with van der Waals surface area (Å²) in [5, 5.41) is 4.46. The average Bonchev–Trinajstić information content (AvgIpc) is 3.24. The predicted molar refractivity (Wildman–Crippen MR) is 114 cm³/mol. The summed E-state index contributed by atoms with van der Waals surface area (Å²) in [7, 11) is 0. The van der Waals surface area contributed by atoms with Crippen molar-refractivity contribution in [3.8, 4) is 5.69 Å². The highest BCUT2D eigenvalue weighted by Crippen LogP contribution is 2.13. The number of rotatable bonds is 9. The van der Waals surface area contributed by atoms with Crippen LogP contribution in [-0.4, -0.2) is 64.0 Å². The number of hydrogen-bond donors (Lipinski definition) is 0. The van der Waals surface area contributed by atoms with E-state index >= 15 is 0 Å². The van der Waals surface area contributed by atoms with Crippen molar-refractivity contribution in [2.45, 2.75) is 19.5 Å². The van der Waals surface area contributed by atoms with E-state index in [9.17, 15) is 4.39 Å². The summed E-state index contributed by atoms with van der Waals surface area (Å²) in [4.78, 5) is 9.16. The number of morpholine rings is 1. The second-order valence-corrected chi connectivity index (χ2v) is 7.65. The fourth-order valence-corrected chi connectivity index (χ4v) is 3.74. The normalized spacial score (nSPS) is 15.0. The molecule has 7 heteroatoms. The topological polar surface area (TPSA) is 46.4 Å². The number of benzene rings is 1. The zero-order valence-corrected chi connectivity index (χ0v) is 17.2. The van der Waals surface area contributed by atoms with Crippen LogP contribution in [0.4, 0.5) is 4.39 Å². The van der Waals surface area contributed by atoms with Crippen LogP contribution in [0.1, 0.15) is 17.5 Å². The summed E-state index contributed by atoms with van der Waals surface area (Å²) in [6.45, 7) is 7.44. The molecule has 6 nitrogen and oxygen atoms in total. The zero-order chi connectivity index (χ0) is 20.6. The molecule has 0 aliphatic carbocycles. The molecule has 0 saturated carbocycles. The van der Waals surface area contributed by atoms with Crippen LogP contribution in [0.25, 0.3) is 5.69 Å². The van der Waals surface area contributed by atoms with Gasteiger partial charge in [0.05, 0.1) is 25.1 Å². The van der Waals surface area contributed by atoms with Gasteiger partial charge < -0.3 is 4.74 Å². The summed E-state index contributed by atoms with van der Waals surface area (Å²) in [6.07, 6.45) is 8.75. The minimum atomic E-state index is -0.242. The van der Waals surface area contributed by atoms with Crippen LogP contribution in [0.2, 0.25) is 0 Å². The second-order valence-electron chi connectivity index (χ2n) is 7.65. The Kier molecular flexibility index (Phi) is 7.18. The standard InChI is InChI=1S/C23H28FN5O/c24-22-4-6-23(7-5-22)29-19-21(16-26-29)18-28(17-20-3-1-8-25-15-20)10-2-9-27-11-13-30-14-12-27/h1,3-8,15-16,19H,2,9-14,17-18H2. The molecule has 30 heavy (non-hydrogen) atoms. The molecule has 0 spiro atoms. The van der Waals surface area contributed by atoms with Crippen molar-refractivity contribution < 1.29 is 9.13 Å².